The molecular weight excluding hydrogens is 478 g/mol. The highest BCUT2D eigenvalue weighted by molar-refractivity contribution is 6.30. The minimum Gasteiger partial charge on any atom is -0.496 e. The van der Waals surface area contributed by atoms with E-state index >= 15 is 0 Å². The second kappa shape index (κ2) is 10.4. The number of halogens is 1. The minimum absolute atomic E-state index is 0.0443. The van der Waals surface area contributed by atoms with Gasteiger partial charge in [0, 0.05) is 39.9 Å². The van der Waals surface area contributed by atoms with Gasteiger partial charge in [-0.1, -0.05) is 31.5 Å². The van der Waals surface area contributed by atoms with Crippen molar-refractivity contribution >= 4 is 23.4 Å². The molecule has 0 bridgehead atoms. The Morgan fingerprint density at radius 1 is 1.14 bits per heavy atom. The van der Waals surface area contributed by atoms with Crippen molar-refractivity contribution in [3.8, 4) is 11.5 Å². The fourth-order valence-electron chi connectivity index (χ4n) is 5.03. The number of allylic oxidation sites excluding steroid dienone is 3. The van der Waals surface area contributed by atoms with E-state index in [1.807, 2.05) is 25.1 Å². The van der Waals surface area contributed by atoms with Gasteiger partial charge in [0.1, 0.15) is 18.1 Å². The predicted octanol–water partition coefficient (Wildman–Crippen LogP) is 6.09. The number of benzene rings is 2. The molecule has 2 aromatic rings. The van der Waals surface area contributed by atoms with Crippen LogP contribution in [0.25, 0.3) is 0 Å². The number of carbonyl (C=O) groups excluding carboxylic acids is 2. The standard InChI is InChI=1S/C29H32ClNO5/c1-6-35-28(33)25-17(2)31-22-14-29(3,4)15-23(32)27(22)26(25)18-7-12-24(34-5)19(13-18)16-36-21-10-8-20(30)9-11-21/h7-13,26,31H,6,14-16H2,1-5H3/t26-/m0/s1. The lowest BCUT2D eigenvalue weighted by Gasteiger charge is -2.39. The molecule has 2 aliphatic rings. The molecule has 0 spiro atoms. The molecule has 6 nitrogen and oxygen atoms in total. The lowest BCUT2D eigenvalue weighted by molar-refractivity contribution is -0.138. The van der Waals surface area contributed by atoms with E-state index in [0.717, 1.165) is 23.2 Å². The molecule has 1 aliphatic heterocycles. The van der Waals surface area contributed by atoms with Crippen molar-refractivity contribution in [2.75, 3.05) is 13.7 Å². The van der Waals surface area contributed by atoms with E-state index in [1.54, 1.807) is 38.3 Å². The van der Waals surface area contributed by atoms with Crippen LogP contribution < -0.4 is 14.8 Å². The summed E-state index contributed by atoms with van der Waals surface area (Å²) in [5, 5.41) is 3.99. The maximum atomic E-state index is 13.5. The van der Waals surface area contributed by atoms with Crippen molar-refractivity contribution in [3.63, 3.8) is 0 Å². The van der Waals surface area contributed by atoms with Crippen molar-refractivity contribution in [3.05, 3.63) is 81.2 Å². The maximum absolute atomic E-state index is 13.5. The third kappa shape index (κ3) is 5.29. The highest BCUT2D eigenvalue weighted by Crippen LogP contribution is 2.47. The van der Waals surface area contributed by atoms with Crippen LogP contribution in [0.5, 0.6) is 11.5 Å². The molecule has 0 aromatic heterocycles. The Morgan fingerprint density at radius 2 is 1.86 bits per heavy atom. The smallest absolute Gasteiger partial charge is 0.336 e. The van der Waals surface area contributed by atoms with Crippen molar-refractivity contribution < 1.29 is 23.8 Å². The molecule has 1 N–H and O–H groups in total. The average molecular weight is 510 g/mol. The second-order valence-corrected chi connectivity index (χ2v) is 10.4. The molecule has 7 heteroatoms. The Kier molecular flexibility index (Phi) is 7.46. The summed E-state index contributed by atoms with van der Waals surface area (Å²) in [4.78, 5) is 26.6. The molecule has 36 heavy (non-hydrogen) atoms. The summed E-state index contributed by atoms with van der Waals surface area (Å²) >= 11 is 5.99. The van der Waals surface area contributed by atoms with Crippen LogP contribution >= 0.6 is 11.6 Å². The number of hydrogen-bond acceptors (Lipinski definition) is 6. The van der Waals surface area contributed by atoms with E-state index in [0.29, 0.717) is 39.8 Å². The maximum Gasteiger partial charge on any atom is 0.336 e. The van der Waals surface area contributed by atoms with Gasteiger partial charge < -0.3 is 19.5 Å². The normalized spacial score (nSPS) is 18.9. The van der Waals surface area contributed by atoms with Gasteiger partial charge in [0.15, 0.2) is 5.78 Å². The van der Waals surface area contributed by atoms with Gasteiger partial charge >= 0.3 is 5.97 Å². The van der Waals surface area contributed by atoms with Gasteiger partial charge in [-0.3, -0.25) is 4.79 Å². The van der Waals surface area contributed by atoms with Gasteiger partial charge in [0.25, 0.3) is 0 Å². The summed E-state index contributed by atoms with van der Waals surface area (Å²) in [6, 6.07) is 12.9. The van der Waals surface area contributed by atoms with Gasteiger partial charge in [-0.2, -0.15) is 0 Å². The number of carbonyl (C=O) groups is 2. The monoisotopic (exact) mass is 509 g/mol. The van der Waals surface area contributed by atoms with Gasteiger partial charge in [-0.25, -0.2) is 4.79 Å². The largest absolute Gasteiger partial charge is 0.496 e. The third-order valence-electron chi connectivity index (χ3n) is 6.58. The van der Waals surface area contributed by atoms with Gasteiger partial charge in [0.2, 0.25) is 0 Å². The van der Waals surface area contributed by atoms with E-state index < -0.39 is 11.9 Å². The Balaban J connectivity index is 1.78. The third-order valence-corrected chi connectivity index (χ3v) is 6.83. The average Bonchev–Trinajstić information content (AvgIpc) is 2.82. The van der Waals surface area contributed by atoms with Gasteiger partial charge in [0.05, 0.1) is 19.3 Å². The Labute approximate surface area is 217 Å². The fourth-order valence-corrected chi connectivity index (χ4v) is 5.16. The Hall–Kier alpha value is -3.25. The quantitative estimate of drug-likeness (QED) is 0.455. The van der Waals surface area contributed by atoms with Crippen LogP contribution in [0.2, 0.25) is 5.02 Å². The number of methoxy groups -OCH3 is 1. The molecule has 190 valence electrons. The first-order valence-corrected chi connectivity index (χ1v) is 12.5. The molecule has 1 atom stereocenters. The zero-order valence-corrected chi connectivity index (χ0v) is 22.1. The first-order chi connectivity index (χ1) is 17.1. The number of nitrogens with one attached hydrogen (secondary N) is 1. The lowest BCUT2D eigenvalue weighted by Crippen LogP contribution is -2.38. The highest BCUT2D eigenvalue weighted by Gasteiger charge is 2.43. The van der Waals surface area contributed by atoms with Crippen LogP contribution in [-0.4, -0.2) is 25.5 Å². The van der Waals surface area contributed by atoms with E-state index in [4.69, 9.17) is 25.8 Å². The van der Waals surface area contributed by atoms with E-state index in [-0.39, 0.29) is 24.4 Å². The van der Waals surface area contributed by atoms with Gasteiger partial charge in [-0.15, -0.1) is 0 Å². The molecule has 1 heterocycles. The van der Waals surface area contributed by atoms with E-state index in [1.165, 1.54) is 0 Å². The van der Waals surface area contributed by atoms with Crippen molar-refractivity contribution in [2.24, 2.45) is 5.41 Å². The first-order valence-electron chi connectivity index (χ1n) is 12.1. The molecule has 0 unspecified atom stereocenters. The summed E-state index contributed by atoms with van der Waals surface area (Å²) in [5.41, 5.74) is 4.13. The van der Waals surface area contributed by atoms with Crippen molar-refractivity contribution in [1.29, 1.82) is 0 Å². The van der Waals surface area contributed by atoms with E-state index in [9.17, 15) is 9.59 Å². The number of ketones is 1. The summed E-state index contributed by atoms with van der Waals surface area (Å²) in [5.74, 6) is 0.412. The topological polar surface area (TPSA) is 73.9 Å². The number of esters is 1. The fraction of sp³-hybridized carbons (Fsp3) is 0.379. The lowest BCUT2D eigenvalue weighted by atomic mass is 9.68. The van der Waals surface area contributed by atoms with Crippen LogP contribution in [0.3, 0.4) is 0 Å². The number of dihydropyridines is 1. The van der Waals surface area contributed by atoms with Crippen LogP contribution in [0.4, 0.5) is 0 Å². The minimum atomic E-state index is -0.538. The summed E-state index contributed by atoms with van der Waals surface area (Å²) < 4.78 is 17.0. The molecule has 0 radical (unpaired) electrons. The molecule has 0 amide bonds. The second-order valence-electron chi connectivity index (χ2n) is 9.96. The number of rotatable bonds is 7. The molecule has 4 rings (SSSR count). The van der Waals surface area contributed by atoms with Crippen LogP contribution in [-0.2, 0) is 20.9 Å². The summed E-state index contributed by atoms with van der Waals surface area (Å²) in [7, 11) is 1.60. The molecule has 2 aromatic carbocycles. The van der Waals surface area contributed by atoms with Gasteiger partial charge in [-0.05, 0) is 67.6 Å². The van der Waals surface area contributed by atoms with Crippen LogP contribution in [0, 0.1) is 5.41 Å². The van der Waals surface area contributed by atoms with Crippen LogP contribution in [0.1, 0.15) is 57.6 Å². The SMILES string of the molecule is CCOC(=O)C1=C(C)NC2=C(C(=O)CC(C)(C)C2)[C@H]1c1ccc(OC)c(COc2ccc(Cl)cc2)c1. The first kappa shape index (κ1) is 25.8. The van der Waals surface area contributed by atoms with Crippen molar-refractivity contribution in [2.45, 2.75) is 53.1 Å². The molecule has 0 saturated heterocycles. The molecule has 1 aliphatic carbocycles. The summed E-state index contributed by atoms with van der Waals surface area (Å²) in [6.07, 6.45) is 1.14. The van der Waals surface area contributed by atoms with Crippen molar-refractivity contribution in [1.82, 2.24) is 5.32 Å². The van der Waals surface area contributed by atoms with Crippen LogP contribution in [0.15, 0.2) is 65.0 Å². The number of ether oxygens (including phenoxy) is 3. The highest BCUT2D eigenvalue weighted by atomic mass is 35.5. The Morgan fingerprint density at radius 3 is 2.53 bits per heavy atom. The summed E-state index contributed by atoms with van der Waals surface area (Å²) in [6.45, 7) is 8.31. The zero-order valence-electron chi connectivity index (χ0n) is 21.4. The Bertz CT molecular complexity index is 1240. The molecule has 0 saturated carbocycles. The molecular formula is C29H32ClNO5. The number of hydrogen-bond donors (Lipinski definition) is 1. The zero-order chi connectivity index (χ0) is 26.0. The number of Topliss-reactive ketones (excluding diaryl/α,β-unsaturated/α-hetero) is 1. The molecule has 0 fully saturated rings. The predicted molar refractivity (Wildman–Crippen MR) is 139 cm³/mol. The van der Waals surface area contributed by atoms with E-state index in [2.05, 4.69) is 19.2 Å².